The highest BCUT2D eigenvalue weighted by Gasteiger charge is 2.53. The number of hydrogen-bond donors (Lipinski definition) is 14. The lowest BCUT2D eigenvalue weighted by molar-refractivity contribution is -0.306. The summed E-state index contributed by atoms with van der Waals surface area (Å²) in [6.07, 6.45) is -12.5. The van der Waals surface area contributed by atoms with E-state index in [-0.39, 0.29) is 45.5 Å². The third-order valence-corrected chi connectivity index (χ3v) is 8.51. The van der Waals surface area contributed by atoms with Gasteiger partial charge in [0.1, 0.15) is 30.5 Å². The van der Waals surface area contributed by atoms with Crippen molar-refractivity contribution in [3.05, 3.63) is 0 Å². The number of rotatable bonds is 13. The quantitative estimate of drug-likeness (QED) is 0.0903. The van der Waals surface area contributed by atoms with Crippen molar-refractivity contribution in [2.45, 2.75) is 111 Å². The Bertz CT molecular complexity index is 866. The standard InChI is InChI=1S/C25H51N7O11/c26-2-1-13(35)24(40)32-12-3-10(28)17(22-11(29)4-14(36)15(41-22)6-31-5-9(27)7-33)20(38)23(12)43-25-21(39)18(30)19(37)16(8-34)42-25/h9-23,25,31,33-39H,1-8,26-30H2,(H,32,40). The van der Waals surface area contributed by atoms with Crippen LogP contribution >= 0.6 is 0 Å². The topological polar surface area (TPSA) is 341 Å². The summed E-state index contributed by atoms with van der Waals surface area (Å²) in [7, 11) is 0. The first-order valence-corrected chi connectivity index (χ1v) is 14.7. The molecule has 2 saturated heterocycles. The molecule has 0 radical (unpaired) electrons. The second-order valence-electron chi connectivity index (χ2n) is 11.8. The molecule has 18 nitrogen and oxygen atoms in total. The van der Waals surface area contributed by atoms with E-state index in [4.69, 9.17) is 48.0 Å². The average molecular weight is 626 g/mol. The summed E-state index contributed by atoms with van der Waals surface area (Å²) in [5, 5.41) is 77.9. The molecule has 0 aromatic rings. The highest BCUT2D eigenvalue weighted by Crippen LogP contribution is 2.36. The van der Waals surface area contributed by atoms with Crippen LogP contribution in [-0.4, -0.2) is 166 Å². The van der Waals surface area contributed by atoms with Gasteiger partial charge in [-0.25, -0.2) is 0 Å². The van der Waals surface area contributed by atoms with Crippen molar-refractivity contribution in [2.75, 3.05) is 32.8 Å². The van der Waals surface area contributed by atoms with Gasteiger partial charge in [0.05, 0.1) is 49.7 Å². The van der Waals surface area contributed by atoms with Crippen molar-refractivity contribution < 1.29 is 54.8 Å². The first-order chi connectivity index (χ1) is 20.3. The minimum Gasteiger partial charge on any atom is -0.395 e. The van der Waals surface area contributed by atoms with E-state index in [1.165, 1.54) is 0 Å². The molecule has 3 rings (SSSR count). The van der Waals surface area contributed by atoms with Crippen molar-refractivity contribution >= 4 is 5.91 Å². The number of carbonyl (C=O) groups excluding carboxylic acids is 1. The maximum Gasteiger partial charge on any atom is 0.249 e. The maximum atomic E-state index is 12.7. The number of hydrogen-bond acceptors (Lipinski definition) is 17. The Kier molecular flexibility index (Phi) is 13.9. The molecule has 0 spiro atoms. The molecule has 0 bridgehead atoms. The number of nitrogens with one attached hydrogen (secondary N) is 2. The van der Waals surface area contributed by atoms with Crippen LogP contribution < -0.4 is 39.3 Å². The van der Waals surface area contributed by atoms with Crippen LogP contribution in [-0.2, 0) is 19.0 Å². The van der Waals surface area contributed by atoms with Crippen LogP contribution in [0.1, 0.15) is 19.3 Å². The van der Waals surface area contributed by atoms with Gasteiger partial charge in [0.2, 0.25) is 5.91 Å². The molecule has 2 aliphatic heterocycles. The Hall–Kier alpha value is -1.17. The summed E-state index contributed by atoms with van der Waals surface area (Å²) in [5.74, 6) is -1.68. The normalized spacial score (nSPS) is 43.6. The molecule has 2 heterocycles. The molecule has 19 N–H and O–H groups in total. The van der Waals surface area contributed by atoms with Crippen LogP contribution in [0.15, 0.2) is 0 Å². The zero-order chi connectivity index (χ0) is 32.0. The molecule has 1 aliphatic carbocycles. The monoisotopic (exact) mass is 625 g/mol. The predicted molar refractivity (Wildman–Crippen MR) is 149 cm³/mol. The van der Waals surface area contributed by atoms with Crippen LogP contribution in [0.4, 0.5) is 0 Å². The van der Waals surface area contributed by atoms with E-state index in [2.05, 4.69) is 10.6 Å². The van der Waals surface area contributed by atoms with Crippen LogP contribution in [0.2, 0.25) is 0 Å². The van der Waals surface area contributed by atoms with Gasteiger partial charge in [-0.1, -0.05) is 0 Å². The van der Waals surface area contributed by atoms with Gasteiger partial charge in [0.25, 0.3) is 0 Å². The molecule has 0 aromatic carbocycles. The summed E-state index contributed by atoms with van der Waals surface area (Å²) in [6.45, 7) is -0.409. The van der Waals surface area contributed by atoms with E-state index in [1.54, 1.807) is 0 Å². The number of carbonyl (C=O) groups is 1. The minimum atomic E-state index is -1.58. The fourth-order valence-corrected chi connectivity index (χ4v) is 5.99. The lowest BCUT2D eigenvalue weighted by Crippen LogP contribution is -2.70. The SMILES string of the molecule is NCCC(O)C(=O)NC1CC(N)C(C2OC(CNCC(N)CO)C(O)CC2N)C(O)C1OC1OC(CO)C(O)C(N)C1O. The molecule has 3 aliphatic rings. The van der Waals surface area contributed by atoms with Crippen molar-refractivity contribution in [3.63, 3.8) is 0 Å². The van der Waals surface area contributed by atoms with E-state index >= 15 is 0 Å². The summed E-state index contributed by atoms with van der Waals surface area (Å²) in [6, 6.07) is -4.36. The van der Waals surface area contributed by atoms with Gasteiger partial charge in [0, 0.05) is 37.1 Å². The van der Waals surface area contributed by atoms with Crippen LogP contribution in [0.25, 0.3) is 0 Å². The van der Waals surface area contributed by atoms with E-state index < -0.39 is 110 Å². The smallest absolute Gasteiger partial charge is 0.249 e. The lowest BCUT2D eigenvalue weighted by Gasteiger charge is -2.51. The minimum absolute atomic E-state index is 0.0117. The largest absolute Gasteiger partial charge is 0.395 e. The molecule has 252 valence electrons. The molecule has 3 fully saturated rings. The first-order valence-electron chi connectivity index (χ1n) is 14.7. The maximum absolute atomic E-state index is 12.7. The van der Waals surface area contributed by atoms with Gasteiger partial charge in [-0.2, -0.15) is 0 Å². The van der Waals surface area contributed by atoms with Crippen LogP contribution in [0, 0.1) is 5.92 Å². The third-order valence-electron chi connectivity index (χ3n) is 8.51. The molecule has 1 saturated carbocycles. The van der Waals surface area contributed by atoms with E-state index in [9.17, 15) is 35.4 Å². The van der Waals surface area contributed by atoms with Gasteiger partial charge in [0.15, 0.2) is 6.29 Å². The van der Waals surface area contributed by atoms with Gasteiger partial charge >= 0.3 is 0 Å². The van der Waals surface area contributed by atoms with Crippen molar-refractivity contribution in [2.24, 2.45) is 34.6 Å². The van der Waals surface area contributed by atoms with E-state index in [0.29, 0.717) is 0 Å². The molecule has 0 aromatic heterocycles. The number of aliphatic hydroxyl groups excluding tert-OH is 7. The molecule has 16 unspecified atom stereocenters. The lowest BCUT2D eigenvalue weighted by atomic mass is 9.72. The Morgan fingerprint density at radius 2 is 1.67 bits per heavy atom. The Morgan fingerprint density at radius 3 is 2.30 bits per heavy atom. The Balaban J connectivity index is 1.85. The second kappa shape index (κ2) is 16.4. The molecule has 43 heavy (non-hydrogen) atoms. The summed E-state index contributed by atoms with van der Waals surface area (Å²) in [5.41, 5.74) is 30.0. The van der Waals surface area contributed by atoms with E-state index in [1.807, 2.05) is 0 Å². The fourth-order valence-electron chi connectivity index (χ4n) is 5.99. The summed E-state index contributed by atoms with van der Waals surface area (Å²) >= 11 is 0. The number of nitrogens with two attached hydrogens (primary N) is 5. The number of amides is 1. The molecule has 16 atom stereocenters. The van der Waals surface area contributed by atoms with Gasteiger partial charge < -0.3 is 89.3 Å². The van der Waals surface area contributed by atoms with Crippen molar-refractivity contribution in [3.8, 4) is 0 Å². The Labute approximate surface area is 249 Å². The highest BCUT2D eigenvalue weighted by atomic mass is 16.7. The van der Waals surface area contributed by atoms with Gasteiger partial charge in [-0.3, -0.25) is 4.79 Å². The predicted octanol–water partition coefficient (Wildman–Crippen LogP) is -8.20. The van der Waals surface area contributed by atoms with Gasteiger partial charge in [-0.05, 0) is 25.8 Å². The second-order valence-corrected chi connectivity index (χ2v) is 11.8. The average Bonchev–Trinajstić information content (AvgIpc) is 2.96. The van der Waals surface area contributed by atoms with Crippen molar-refractivity contribution in [1.82, 2.24) is 10.6 Å². The van der Waals surface area contributed by atoms with Crippen LogP contribution in [0.5, 0.6) is 0 Å². The molecule has 1 amide bonds. The zero-order valence-corrected chi connectivity index (χ0v) is 24.0. The molecule has 18 heteroatoms. The van der Waals surface area contributed by atoms with Crippen molar-refractivity contribution in [1.29, 1.82) is 0 Å². The number of aliphatic hydroxyl groups is 7. The molecular weight excluding hydrogens is 574 g/mol. The molecular formula is C25H51N7O11. The third kappa shape index (κ3) is 8.76. The van der Waals surface area contributed by atoms with E-state index in [0.717, 1.165) is 0 Å². The summed E-state index contributed by atoms with van der Waals surface area (Å²) < 4.78 is 17.7. The highest BCUT2D eigenvalue weighted by molar-refractivity contribution is 5.80. The zero-order valence-electron chi connectivity index (χ0n) is 24.0. The number of ether oxygens (including phenoxy) is 3. The first kappa shape index (κ1) is 36.3. The van der Waals surface area contributed by atoms with Crippen LogP contribution in [0.3, 0.4) is 0 Å². The summed E-state index contributed by atoms with van der Waals surface area (Å²) in [4.78, 5) is 12.7. The fraction of sp³-hybridized carbons (Fsp3) is 0.960. The van der Waals surface area contributed by atoms with Gasteiger partial charge in [-0.15, -0.1) is 0 Å². The Morgan fingerprint density at radius 1 is 0.977 bits per heavy atom.